The topological polar surface area (TPSA) is 63.8 Å². The third-order valence-electron chi connectivity index (χ3n) is 2.78. The van der Waals surface area contributed by atoms with Crippen molar-refractivity contribution in [1.82, 2.24) is 9.97 Å². The quantitative estimate of drug-likeness (QED) is 0.625. The van der Waals surface area contributed by atoms with Crippen molar-refractivity contribution in [2.75, 3.05) is 18.1 Å². The Bertz CT molecular complexity index is 513. The van der Waals surface area contributed by atoms with E-state index in [-0.39, 0.29) is 0 Å². The van der Waals surface area contributed by atoms with Crippen LogP contribution in [-0.2, 0) is 13.0 Å². The second kappa shape index (κ2) is 7.11. The van der Waals surface area contributed by atoms with Gasteiger partial charge in [-0.25, -0.2) is 9.97 Å². The summed E-state index contributed by atoms with van der Waals surface area (Å²) in [5.41, 5.74) is 8.03. The van der Waals surface area contributed by atoms with Crippen LogP contribution in [0.5, 0.6) is 0 Å². The summed E-state index contributed by atoms with van der Waals surface area (Å²) < 4.78 is 0. The van der Waals surface area contributed by atoms with Crippen LogP contribution in [0.25, 0.3) is 0 Å². The summed E-state index contributed by atoms with van der Waals surface area (Å²) in [5.74, 6) is 0.852. The molecule has 0 amide bonds. The van der Waals surface area contributed by atoms with Gasteiger partial charge in [0.25, 0.3) is 0 Å². The molecule has 0 bridgehead atoms. The number of hydrogen-bond acceptors (Lipinski definition) is 5. The number of hydrogen-bond donors (Lipinski definition) is 2. The minimum atomic E-state index is 0.690. The van der Waals surface area contributed by atoms with Crippen LogP contribution in [0.15, 0.2) is 41.7 Å². The van der Waals surface area contributed by atoms with Gasteiger partial charge in [0.15, 0.2) is 0 Å². The minimum Gasteiger partial charge on any atom is -0.366 e. The Morgan fingerprint density at radius 1 is 1.16 bits per heavy atom. The average Bonchev–Trinajstić information content (AvgIpc) is 2.47. The van der Waals surface area contributed by atoms with Gasteiger partial charge >= 0.3 is 0 Å². The van der Waals surface area contributed by atoms with Crippen LogP contribution in [-0.4, -0.2) is 22.8 Å². The normalized spacial score (nSPS) is 10.4. The third kappa shape index (κ3) is 4.22. The van der Waals surface area contributed by atoms with E-state index >= 15 is 0 Å². The number of benzene rings is 1. The number of nitrogens with two attached hydrogens (primary N) is 1. The number of rotatable bonds is 6. The Morgan fingerprint density at radius 2 is 1.89 bits per heavy atom. The van der Waals surface area contributed by atoms with Gasteiger partial charge in [-0.1, -0.05) is 24.3 Å². The molecule has 19 heavy (non-hydrogen) atoms. The lowest BCUT2D eigenvalue weighted by molar-refractivity contribution is 0.965. The molecule has 1 aromatic heterocycles. The molecular formula is C14H18N4S. The van der Waals surface area contributed by atoms with E-state index in [1.807, 2.05) is 12.3 Å². The molecule has 0 saturated heterocycles. The van der Waals surface area contributed by atoms with Crippen molar-refractivity contribution in [3.63, 3.8) is 0 Å². The van der Waals surface area contributed by atoms with Crippen LogP contribution in [0, 0.1) is 0 Å². The van der Waals surface area contributed by atoms with Gasteiger partial charge in [-0.2, -0.15) is 0 Å². The zero-order valence-corrected chi connectivity index (χ0v) is 11.8. The monoisotopic (exact) mass is 274 g/mol. The van der Waals surface area contributed by atoms with Gasteiger partial charge < -0.3 is 11.1 Å². The zero-order valence-electron chi connectivity index (χ0n) is 11.0. The second-order valence-electron chi connectivity index (χ2n) is 4.15. The van der Waals surface area contributed by atoms with Crippen LogP contribution >= 0.6 is 11.8 Å². The van der Waals surface area contributed by atoms with Crippen LogP contribution in [0.4, 0.5) is 5.82 Å². The van der Waals surface area contributed by atoms with Gasteiger partial charge in [-0.15, -0.1) is 11.8 Å². The molecule has 0 unspecified atom stereocenters. The lowest BCUT2D eigenvalue weighted by Crippen LogP contribution is -2.04. The fourth-order valence-electron chi connectivity index (χ4n) is 1.73. The highest BCUT2D eigenvalue weighted by Crippen LogP contribution is 2.14. The number of aromatic nitrogens is 2. The molecule has 0 fully saturated rings. The fourth-order valence-corrected chi connectivity index (χ4v) is 2.11. The first-order chi connectivity index (χ1) is 9.31. The first-order valence-electron chi connectivity index (χ1n) is 6.19. The van der Waals surface area contributed by atoms with Gasteiger partial charge in [-0.05, 0) is 30.3 Å². The number of thioether (sulfide) groups is 1. The fraction of sp³-hybridized carbons (Fsp3) is 0.286. The maximum Gasteiger partial charge on any atom is 0.130 e. The maximum absolute atomic E-state index is 5.53. The summed E-state index contributed by atoms with van der Waals surface area (Å²) in [5, 5.41) is 4.27. The van der Waals surface area contributed by atoms with Crippen LogP contribution in [0.3, 0.4) is 0 Å². The molecule has 4 nitrogen and oxygen atoms in total. The molecule has 0 radical (unpaired) electrons. The Morgan fingerprint density at radius 3 is 2.58 bits per heavy atom. The van der Waals surface area contributed by atoms with E-state index < -0.39 is 0 Å². The molecule has 2 rings (SSSR count). The molecule has 1 aromatic carbocycles. The molecule has 3 N–H and O–H groups in total. The summed E-state index contributed by atoms with van der Waals surface area (Å²) in [6, 6.07) is 10.4. The van der Waals surface area contributed by atoms with Gasteiger partial charge in [0.05, 0.1) is 0 Å². The molecule has 0 aliphatic rings. The molecular weight excluding hydrogens is 256 g/mol. The molecule has 0 aliphatic heterocycles. The summed E-state index contributed by atoms with van der Waals surface area (Å²) in [6.07, 6.45) is 4.51. The van der Waals surface area contributed by atoms with Crippen LogP contribution in [0.2, 0.25) is 0 Å². The number of nitrogens with one attached hydrogen (secondary N) is 1. The Labute approximate surface area is 117 Å². The predicted molar refractivity (Wildman–Crippen MR) is 80.3 cm³/mol. The Hall–Kier alpha value is -1.59. The lowest BCUT2D eigenvalue weighted by Gasteiger charge is -2.07. The second-order valence-corrected chi connectivity index (χ2v) is 4.98. The van der Waals surface area contributed by atoms with E-state index in [2.05, 4.69) is 39.6 Å². The van der Waals surface area contributed by atoms with Crippen LogP contribution < -0.4 is 11.1 Å². The van der Waals surface area contributed by atoms with Crippen LogP contribution in [0.1, 0.15) is 11.1 Å². The molecule has 0 atom stereocenters. The third-order valence-corrected chi connectivity index (χ3v) is 3.42. The van der Waals surface area contributed by atoms with Crippen molar-refractivity contribution in [3.05, 3.63) is 47.8 Å². The van der Waals surface area contributed by atoms with Gasteiger partial charge in [0.1, 0.15) is 17.2 Å². The molecule has 0 spiro atoms. The summed E-state index contributed by atoms with van der Waals surface area (Å²) in [6.45, 7) is 1.45. The van der Waals surface area contributed by atoms with Crippen molar-refractivity contribution in [2.24, 2.45) is 5.73 Å². The smallest absolute Gasteiger partial charge is 0.130 e. The van der Waals surface area contributed by atoms with Crippen molar-refractivity contribution in [1.29, 1.82) is 0 Å². The zero-order chi connectivity index (χ0) is 13.5. The first-order valence-corrected chi connectivity index (χ1v) is 7.42. The SMILES string of the molecule is CSc1cc(NCc2ccc(CCN)cc2)ncn1. The highest BCUT2D eigenvalue weighted by atomic mass is 32.2. The predicted octanol–water partition coefficient (Wildman–Crippen LogP) is 2.31. The number of nitrogens with zero attached hydrogens (tertiary/aromatic N) is 2. The van der Waals surface area contributed by atoms with E-state index in [0.29, 0.717) is 6.54 Å². The van der Waals surface area contributed by atoms with E-state index in [1.54, 1.807) is 18.1 Å². The van der Waals surface area contributed by atoms with E-state index in [4.69, 9.17) is 5.73 Å². The highest BCUT2D eigenvalue weighted by molar-refractivity contribution is 7.98. The Balaban J connectivity index is 1.94. The summed E-state index contributed by atoms with van der Waals surface area (Å²) in [7, 11) is 0. The molecule has 2 aromatic rings. The van der Waals surface area contributed by atoms with Crippen molar-refractivity contribution in [2.45, 2.75) is 18.0 Å². The molecule has 0 aliphatic carbocycles. The van der Waals surface area contributed by atoms with E-state index in [0.717, 1.165) is 23.8 Å². The van der Waals surface area contributed by atoms with Crippen molar-refractivity contribution < 1.29 is 0 Å². The van der Waals surface area contributed by atoms with Gasteiger partial charge in [-0.3, -0.25) is 0 Å². The minimum absolute atomic E-state index is 0.690. The summed E-state index contributed by atoms with van der Waals surface area (Å²) in [4.78, 5) is 8.34. The van der Waals surface area contributed by atoms with E-state index in [9.17, 15) is 0 Å². The molecule has 1 heterocycles. The first kappa shape index (κ1) is 13.8. The lowest BCUT2D eigenvalue weighted by atomic mass is 10.1. The van der Waals surface area contributed by atoms with E-state index in [1.165, 1.54) is 11.1 Å². The van der Waals surface area contributed by atoms with Gasteiger partial charge in [0, 0.05) is 12.6 Å². The van der Waals surface area contributed by atoms with Crippen molar-refractivity contribution in [3.8, 4) is 0 Å². The summed E-state index contributed by atoms with van der Waals surface area (Å²) >= 11 is 1.61. The molecule has 0 saturated carbocycles. The highest BCUT2D eigenvalue weighted by Gasteiger charge is 1.98. The number of anilines is 1. The largest absolute Gasteiger partial charge is 0.366 e. The molecule has 5 heteroatoms. The standard InChI is InChI=1S/C14H18N4S/c1-19-14-8-13(17-10-18-14)16-9-12-4-2-11(3-5-12)6-7-15/h2-5,8,10H,6-7,9,15H2,1H3,(H,16,17,18). The average molecular weight is 274 g/mol. The molecule has 100 valence electrons. The van der Waals surface area contributed by atoms with Gasteiger partial charge in [0.2, 0.25) is 0 Å². The Kier molecular flexibility index (Phi) is 5.18. The van der Waals surface area contributed by atoms with Crippen molar-refractivity contribution >= 4 is 17.6 Å². The maximum atomic E-state index is 5.53.